The number of aryl methyl sites for hydroxylation is 1. The standard InChI is InChI=1S/C18H11BrClN3O4S2/c1-9-2-4-11(13(20)6-9)16(24)21-22-17(25)15(29-18(22)28)8-10-3-5-12(19)14(7-10)23(26)27/h2-8H,1H3,(H,21,24)/b15-8-. The van der Waals surface area contributed by atoms with E-state index in [0.717, 1.165) is 22.3 Å². The van der Waals surface area contributed by atoms with Crippen LogP contribution in [0.4, 0.5) is 5.69 Å². The van der Waals surface area contributed by atoms with Gasteiger partial charge in [0.2, 0.25) is 0 Å². The Hall–Kier alpha value is -2.27. The minimum absolute atomic E-state index is 0.128. The monoisotopic (exact) mass is 511 g/mol. The van der Waals surface area contributed by atoms with Crippen molar-refractivity contribution in [2.24, 2.45) is 0 Å². The minimum Gasteiger partial charge on any atom is -0.267 e. The lowest BCUT2D eigenvalue weighted by molar-refractivity contribution is -0.385. The maximum atomic E-state index is 12.7. The summed E-state index contributed by atoms with van der Waals surface area (Å²) in [5.74, 6) is -1.12. The van der Waals surface area contributed by atoms with Crippen LogP contribution in [-0.4, -0.2) is 26.1 Å². The third-order valence-electron chi connectivity index (χ3n) is 3.84. The highest BCUT2D eigenvalue weighted by atomic mass is 79.9. The van der Waals surface area contributed by atoms with E-state index in [1.54, 1.807) is 24.3 Å². The van der Waals surface area contributed by atoms with Gasteiger partial charge in [0, 0.05) is 6.07 Å². The van der Waals surface area contributed by atoms with Gasteiger partial charge in [-0.05, 0) is 70.5 Å². The second-order valence-electron chi connectivity index (χ2n) is 5.91. The first-order chi connectivity index (χ1) is 13.7. The van der Waals surface area contributed by atoms with Crippen LogP contribution in [0.25, 0.3) is 6.08 Å². The number of thioether (sulfide) groups is 1. The van der Waals surface area contributed by atoms with Gasteiger partial charge in [-0.3, -0.25) is 25.1 Å². The van der Waals surface area contributed by atoms with Crippen LogP contribution in [0.1, 0.15) is 21.5 Å². The van der Waals surface area contributed by atoms with Crippen molar-refractivity contribution in [3.8, 4) is 0 Å². The molecule has 0 radical (unpaired) electrons. The van der Waals surface area contributed by atoms with Gasteiger partial charge in [0.05, 0.1) is 24.9 Å². The third-order valence-corrected chi connectivity index (χ3v) is 6.13. The number of hydrogen-bond acceptors (Lipinski definition) is 6. The Bertz CT molecular complexity index is 1110. The lowest BCUT2D eigenvalue weighted by Gasteiger charge is -2.16. The number of carbonyl (C=O) groups is 2. The van der Waals surface area contributed by atoms with Gasteiger partial charge < -0.3 is 0 Å². The fraction of sp³-hybridized carbons (Fsp3) is 0.0556. The molecule has 7 nitrogen and oxygen atoms in total. The van der Waals surface area contributed by atoms with Gasteiger partial charge >= 0.3 is 0 Å². The summed E-state index contributed by atoms with van der Waals surface area (Å²) in [6.45, 7) is 1.84. The maximum Gasteiger partial charge on any atom is 0.285 e. The largest absolute Gasteiger partial charge is 0.285 e. The fourth-order valence-electron chi connectivity index (χ4n) is 2.44. The van der Waals surface area contributed by atoms with E-state index in [1.807, 2.05) is 6.92 Å². The number of benzene rings is 2. The number of nitro benzene ring substituents is 1. The Morgan fingerprint density at radius 1 is 1.34 bits per heavy atom. The van der Waals surface area contributed by atoms with Crippen LogP contribution in [0.2, 0.25) is 5.02 Å². The minimum atomic E-state index is -0.577. The number of rotatable bonds is 4. The molecule has 1 fully saturated rings. The number of carbonyl (C=O) groups excluding carboxylic acids is 2. The molecule has 1 heterocycles. The number of hydrogen-bond donors (Lipinski definition) is 1. The molecule has 0 spiro atoms. The molecule has 0 saturated carbocycles. The first kappa shape index (κ1) is 21.4. The Morgan fingerprint density at radius 3 is 2.72 bits per heavy atom. The summed E-state index contributed by atoms with van der Waals surface area (Å²) < 4.78 is 0.457. The van der Waals surface area contributed by atoms with E-state index in [2.05, 4.69) is 21.4 Å². The third kappa shape index (κ3) is 4.67. The van der Waals surface area contributed by atoms with Crippen molar-refractivity contribution < 1.29 is 14.5 Å². The predicted octanol–water partition coefficient (Wildman–Crippen LogP) is 4.87. The number of nitrogens with one attached hydrogen (secondary N) is 1. The fourth-order valence-corrected chi connectivity index (χ4v) is 4.33. The Morgan fingerprint density at radius 2 is 2.07 bits per heavy atom. The van der Waals surface area contributed by atoms with Crippen LogP contribution in [0.15, 0.2) is 45.8 Å². The van der Waals surface area contributed by atoms with Crippen molar-refractivity contribution in [3.05, 3.63) is 77.6 Å². The zero-order valence-electron chi connectivity index (χ0n) is 14.6. The van der Waals surface area contributed by atoms with Crippen LogP contribution >= 0.6 is 51.5 Å². The molecule has 2 aromatic carbocycles. The van der Waals surface area contributed by atoms with Gasteiger partial charge in [-0.1, -0.05) is 35.5 Å². The van der Waals surface area contributed by atoms with Gasteiger partial charge in [0.15, 0.2) is 4.32 Å². The molecule has 2 aromatic rings. The molecule has 0 unspecified atom stereocenters. The van der Waals surface area contributed by atoms with Gasteiger partial charge in [0.1, 0.15) is 0 Å². The maximum absolute atomic E-state index is 12.7. The van der Waals surface area contributed by atoms with E-state index in [-0.39, 0.29) is 25.5 Å². The normalized spacial score (nSPS) is 15.1. The van der Waals surface area contributed by atoms with E-state index in [4.69, 9.17) is 23.8 Å². The molecule has 2 amide bonds. The summed E-state index contributed by atoms with van der Waals surface area (Å²) in [6.07, 6.45) is 1.48. The molecule has 148 valence electrons. The van der Waals surface area contributed by atoms with Crippen molar-refractivity contribution in [1.29, 1.82) is 0 Å². The summed E-state index contributed by atoms with van der Waals surface area (Å²) in [5, 5.41) is 12.3. The number of amides is 2. The molecule has 0 atom stereocenters. The molecule has 11 heteroatoms. The second-order valence-corrected chi connectivity index (χ2v) is 8.85. The highest BCUT2D eigenvalue weighted by Crippen LogP contribution is 2.33. The quantitative estimate of drug-likeness (QED) is 0.272. The molecule has 29 heavy (non-hydrogen) atoms. The number of halogens is 2. The van der Waals surface area contributed by atoms with Gasteiger partial charge in [0.25, 0.3) is 17.5 Å². The average Bonchev–Trinajstić information content (AvgIpc) is 2.90. The van der Waals surface area contributed by atoms with Crippen molar-refractivity contribution >= 4 is 79.4 Å². The van der Waals surface area contributed by atoms with Crippen LogP contribution in [-0.2, 0) is 4.79 Å². The Kier molecular flexibility index (Phi) is 6.37. The zero-order chi connectivity index (χ0) is 21.3. The molecule has 1 saturated heterocycles. The number of thiocarbonyl (C=S) groups is 1. The summed E-state index contributed by atoms with van der Waals surface area (Å²) in [5.41, 5.74) is 3.87. The van der Waals surface area contributed by atoms with E-state index in [9.17, 15) is 19.7 Å². The number of nitro groups is 1. The molecular formula is C18H11BrClN3O4S2. The summed E-state index contributed by atoms with van der Waals surface area (Å²) in [4.78, 5) is 35.9. The first-order valence-corrected chi connectivity index (χ1v) is 10.4. The molecule has 0 bridgehead atoms. The highest BCUT2D eigenvalue weighted by Gasteiger charge is 2.34. The summed E-state index contributed by atoms with van der Waals surface area (Å²) in [6, 6.07) is 9.40. The summed E-state index contributed by atoms with van der Waals surface area (Å²) >= 11 is 15.4. The van der Waals surface area contributed by atoms with Crippen LogP contribution in [0.5, 0.6) is 0 Å². The van der Waals surface area contributed by atoms with E-state index in [0.29, 0.717) is 10.0 Å². The first-order valence-electron chi connectivity index (χ1n) is 7.96. The van der Waals surface area contributed by atoms with Crippen LogP contribution < -0.4 is 5.43 Å². The molecule has 1 N–H and O–H groups in total. The Labute approximate surface area is 188 Å². The van der Waals surface area contributed by atoms with Gasteiger partial charge in [-0.2, -0.15) is 5.01 Å². The van der Waals surface area contributed by atoms with Crippen molar-refractivity contribution in [1.82, 2.24) is 10.4 Å². The predicted molar refractivity (Wildman–Crippen MR) is 119 cm³/mol. The SMILES string of the molecule is Cc1ccc(C(=O)NN2C(=O)/C(=C/c3ccc(Br)c([N+](=O)[O-])c3)SC2=S)c(Cl)c1. The van der Waals surface area contributed by atoms with Gasteiger partial charge in [-0.15, -0.1) is 0 Å². The topological polar surface area (TPSA) is 92.6 Å². The molecule has 1 aliphatic rings. The zero-order valence-corrected chi connectivity index (χ0v) is 18.6. The lowest BCUT2D eigenvalue weighted by Crippen LogP contribution is -2.44. The smallest absolute Gasteiger partial charge is 0.267 e. The second kappa shape index (κ2) is 8.62. The molecule has 0 aromatic heterocycles. The average molecular weight is 513 g/mol. The van der Waals surface area contributed by atoms with Crippen molar-refractivity contribution in [3.63, 3.8) is 0 Å². The van der Waals surface area contributed by atoms with Crippen LogP contribution in [0.3, 0.4) is 0 Å². The highest BCUT2D eigenvalue weighted by molar-refractivity contribution is 9.10. The lowest BCUT2D eigenvalue weighted by atomic mass is 10.1. The number of nitrogens with zero attached hydrogens (tertiary/aromatic N) is 2. The number of hydrazine groups is 1. The van der Waals surface area contributed by atoms with Gasteiger partial charge in [-0.25, -0.2) is 0 Å². The van der Waals surface area contributed by atoms with E-state index < -0.39 is 16.7 Å². The summed E-state index contributed by atoms with van der Waals surface area (Å²) in [7, 11) is 0. The van der Waals surface area contributed by atoms with Crippen molar-refractivity contribution in [2.75, 3.05) is 0 Å². The molecule has 3 rings (SSSR count). The van der Waals surface area contributed by atoms with E-state index in [1.165, 1.54) is 18.2 Å². The van der Waals surface area contributed by atoms with E-state index >= 15 is 0 Å². The van der Waals surface area contributed by atoms with Crippen LogP contribution in [0, 0.1) is 17.0 Å². The van der Waals surface area contributed by atoms with Crippen molar-refractivity contribution in [2.45, 2.75) is 6.92 Å². The Balaban J connectivity index is 1.83. The molecular weight excluding hydrogens is 502 g/mol. The molecule has 0 aliphatic carbocycles. The molecule has 1 aliphatic heterocycles.